The molecular weight excluding hydrogens is 210 g/mol. The Bertz CT molecular complexity index is 289. The number of hydrogen-bond donors (Lipinski definition) is 1. The summed E-state index contributed by atoms with van der Waals surface area (Å²) in [5.41, 5.74) is 7.67. The van der Waals surface area contributed by atoms with Crippen molar-refractivity contribution in [2.24, 2.45) is 5.73 Å². The lowest BCUT2D eigenvalue weighted by molar-refractivity contribution is 0.586. The maximum Gasteiger partial charge on any atom is 0.0513 e. The Balaban J connectivity index is 2.07. The van der Waals surface area contributed by atoms with E-state index in [2.05, 4.69) is 30.1 Å². The van der Waals surface area contributed by atoms with Crippen LogP contribution in [0.3, 0.4) is 0 Å². The van der Waals surface area contributed by atoms with Gasteiger partial charge in [0.25, 0.3) is 0 Å². The molecule has 1 aromatic rings. The topological polar surface area (TPSA) is 26.0 Å². The van der Waals surface area contributed by atoms with Crippen LogP contribution in [-0.2, 0) is 0 Å². The van der Waals surface area contributed by atoms with E-state index >= 15 is 0 Å². The smallest absolute Gasteiger partial charge is 0.0513 e. The first kappa shape index (κ1) is 10.5. The van der Waals surface area contributed by atoms with Gasteiger partial charge in [-0.05, 0) is 42.5 Å². The average molecular weight is 227 g/mol. The summed E-state index contributed by atoms with van der Waals surface area (Å²) in [6, 6.07) is 2.44. The number of thiophene rings is 1. The molecule has 0 saturated carbocycles. The molecule has 0 amide bonds. The molecule has 3 heteroatoms. The van der Waals surface area contributed by atoms with Crippen LogP contribution >= 0.6 is 23.1 Å². The molecule has 0 aromatic carbocycles. The van der Waals surface area contributed by atoms with Crippen LogP contribution in [0, 0.1) is 6.92 Å². The Morgan fingerprint density at radius 3 is 2.93 bits per heavy atom. The van der Waals surface area contributed by atoms with Gasteiger partial charge in [-0.3, -0.25) is 0 Å². The summed E-state index contributed by atoms with van der Waals surface area (Å²) in [4.78, 5) is 1.39. The highest BCUT2D eigenvalue weighted by molar-refractivity contribution is 8.00. The molecule has 2 N–H and O–H groups in total. The van der Waals surface area contributed by atoms with Gasteiger partial charge in [-0.1, -0.05) is 6.42 Å². The van der Waals surface area contributed by atoms with Crippen molar-refractivity contribution in [1.82, 2.24) is 0 Å². The van der Waals surface area contributed by atoms with Crippen molar-refractivity contribution in [2.75, 3.05) is 5.75 Å². The largest absolute Gasteiger partial charge is 0.322 e. The summed E-state index contributed by atoms with van der Waals surface area (Å²) in [6.07, 6.45) is 4.02. The van der Waals surface area contributed by atoms with Crippen molar-refractivity contribution in [1.29, 1.82) is 0 Å². The molecule has 2 heterocycles. The molecule has 2 unspecified atom stereocenters. The molecule has 2 atom stereocenters. The molecule has 1 saturated heterocycles. The molecule has 1 fully saturated rings. The third-order valence-electron chi connectivity index (χ3n) is 2.82. The summed E-state index contributed by atoms with van der Waals surface area (Å²) < 4.78 is 0. The molecule has 1 aliphatic heterocycles. The first-order valence-corrected chi connectivity index (χ1v) is 7.13. The second-order valence-corrected chi connectivity index (χ2v) is 6.19. The number of hydrogen-bond acceptors (Lipinski definition) is 3. The minimum atomic E-state index is 0.264. The maximum absolute atomic E-state index is 6.30. The van der Waals surface area contributed by atoms with Gasteiger partial charge in [0.2, 0.25) is 0 Å². The minimum absolute atomic E-state index is 0.264. The number of aryl methyl sites for hydroxylation is 1. The number of thioether (sulfide) groups is 1. The van der Waals surface area contributed by atoms with Crippen LogP contribution in [0.4, 0.5) is 0 Å². The zero-order valence-electron chi connectivity index (χ0n) is 8.53. The van der Waals surface area contributed by atoms with Gasteiger partial charge in [0.05, 0.1) is 6.04 Å². The SMILES string of the molecule is Cc1ccsc1C(N)C1CCCCS1. The fourth-order valence-electron chi connectivity index (χ4n) is 1.94. The van der Waals surface area contributed by atoms with Gasteiger partial charge in [-0.15, -0.1) is 11.3 Å². The molecule has 0 radical (unpaired) electrons. The van der Waals surface area contributed by atoms with E-state index in [1.165, 1.54) is 35.5 Å². The van der Waals surface area contributed by atoms with Crippen LogP contribution in [-0.4, -0.2) is 11.0 Å². The van der Waals surface area contributed by atoms with Gasteiger partial charge < -0.3 is 5.73 Å². The van der Waals surface area contributed by atoms with E-state index in [1.54, 1.807) is 0 Å². The summed E-state index contributed by atoms with van der Waals surface area (Å²) >= 11 is 3.87. The highest BCUT2D eigenvalue weighted by Crippen LogP contribution is 2.36. The maximum atomic E-state index is 6.30. The zero-order valence-corrected chi connectivity index (χ0v) is 10.2. The standard InChI is InChI=1S/C11H17NS2/c1-8-5-7-14-11(8)10(12)9-4-2-3-6-13-9/h5,7,9-10H,2-4,6,12H2,1H3. The highest BCUT2D eigenvalue weighted by Gasteiger charge is 2.24. The monoisotopic (exact) mass is 227 g/mol. The van der Waals surface area contributed by atoms with Crippen molar-refractivity contribution in [3.63, 3.8) is 0 Å². The lowest BCUT2D eigenvalue weighted by atomic mass is 10.0. The second-order valence-electron chi connectivity index (χ2n) is 3.90. The molecule has 0 spiro atoms. The van der Waals surface area contributed by atoms with E-state index in [-0.39, 0.29) is 6.04 Å². The van der Waals surface area contributed by atoms with Crippen LogP contribution < -0.4 is 5.73 Å². The van der Waals surface area contributed by atoms with Crippen LogP contribution in [0.1, 0.15) is 35.7 Å². The quantitative estimate of drug-likeness (QED) is 0.838. The van der Waals surface area contributed by atoms with Gasteiger partial charge in [-0.25, -0.2) is 0 Å². The van der Waals surface area contributed by atoms with Crippen molar-refractivity contribution in [3.05, 3.63) is 21.9 Å². The van der Waals surface area contributed by atoms with Crippen molar-refractivity contribution >= 4 is 23.1 Å². The van der Waals surface area contributed by atoms with Crippen molar-refractivity contribution in [3.8, 4) is 0 Å². The van der Waals surface area contributed by atoms with Gasteiger partial charge in [0.15, 0.2) is 0 Å². The molecule has 0 bridgehead atoms. The fraction of sp³-hybridized carbons (Fsp3) is 0.636. The Hall–Kier alpha value is 0.01000. The molecule has 14 heavy (non-hydrogen) atoms. The van der Waals surface area contributed by atoms with E-state index in [4.69, 9.17) is 5.73 Å². The first-order chi connectivity index (χ1) is 6.79. The summed E-state index contributed by atoms with van der Waals surface area (Å²) in [5, 5.41) is 2.80. The normalized spacial score (nSPS) is 24.9. The predicted molar refractivity (Wildman–Crippen MR) is 66.1 cm³/mol. The van der Waals surface area contributed by atoms with E-state index in [0.717, 1.165) is 0 Å². The zero-order chi connectivity index (χ0) is 9.97. The van der Waals surface area contributed by atoms with Crippen molar-refractivity contribution in [2.45, 2.75) is 37.5 Å². The Morgan fingerprint density at radius 1 is 1.50 bits per heavy atom. The van der Waals surface area contributed by atoms with E-state index in [0.29, 0.717) is 5.25 Å². The number of nitrogens with two attached hydrogens (primary N) is 1. The van der Waals surface area contributed by atoms with Crippen molar-refractivity contribution < 1.29 is 0 Å². The van der Waals surface area contributed by atoms with Crippen LogP contribution in [0.15, 0.2) is 11.4 Å². The van der Waals surface area contributed by atoms with E-state index in [1.807, 2.05) is 11.3 Å². The molecule has 2 rings (SSSR count). The minimum Gasteiger partial charge on any atom is -0.322 e. The third kappa shape index (κ3) is 2.15. The van der Waals surface area contributed by atoms with E-state index in [9.17, 15) is 0 Å². The summed E-state index contributed by atoms with van der Waals surface area (Å²) in [5.74, 6) is 1.29. The molecule has 1 aliphatic rings. The number of rotatable bonds is 2. The second kappa shape index (κ2) is 4.69. The third-order valence-corrected chi connectivity index (χ3v) is 5.42. The van der Waals surface area contributed by atoms with Crippen LogP contribution in [0.5, 0.6) is 0 Å². The lowest BCUT2D eigenvalue weighted by Crippen LogP contribution is -2.25. The average Bonchev–Trinajstić information content (AvgIpc) is 2.65. The van der Waals surface area contributed by atoms with Gasteiger partial charge >= 0.3 is 0 Å². The lowest BCUT2D eigenvalue weighted by Gasteiger charge is -2.26. The van der Waals surface area contributed by atoms with Gasteiger partial charge in [0.1, 0.15) is 0 Å². The Morgan fingerprint density at radius 2 is 2.36 bits per heavy atom. The van der Waals surface area contributed by atoms with Gasteiger partial charge in [0, 0.05) is 10.1 Å². The molecule has 0 aliphatic carbocycles. The summed E-state index contributed by atoms with van der Waals surface area (Å²) in [6.45, 7) is 2.17. The summed E-state index contributed by atoms with van der Waals surface area (Å²) in [7, 11) is 0. The fourth-order valence-corrected chi connectivity index (χ4v) is 4.37. The predicted octanol–water partition coefficient (Wildman–Crippen LogP) is 3.34. The molecule has 78 valence electrons. The Labute approximate surface area is 94.1 Å². The first-order valence-electron chi connectivity index (χ1n) is 5.20. The Kier molecular flexibility index (Phi) is 3.52. The molecule has 1 aromatic heterocycles. The van der Waals surface area contributed by atoms with Gasteiger partial charge in [-0.2, -0.15) is 11.8 Å². The van der Waals surface area contributed by atoms with Crippen LogP contribution in [0.2, 0.25) is 0 Å². The molecular formula is C11H17NS2. The van der Waals surface area contributed by atoms with Crippen LogP contribution in [0.25, 0.3) is 0 Å². The highest BCUT2D eigenvalue weighted by atomic mass is 32.2. The molecule has 1 nitrogen and oxygen atoms in total. The van der Waals surface area contributed by atoms with E-state index < -0.39 is 0 Å².